The van der Waals surface area contributed by atoms with Gasteiger partial charge in [0.2, 0.25) is 0 Å². The zero-order valence-electron chi connectivity index (χ0n) is 23.6. The van der Waals surface area contributed by atoms with Crippen LogP contribution in [0.1, 0.15) is 142 Å². The Morgan fingerprint density at radius 2 is 1.11 bits per heavy atom. The third kappa shape index (κ3) is 7.46. The van der Waals surface area contributed by atoms with Crippen molar-refractivity contribution in [3.63, 3.8) is 0 Å². The first-order chi connectivity index (χ1) is 17.5. The Hall–Kier alpha value is -0.210. The Morgan fingerprint density at radius 3 is 1.75 bits per heavy atom. The zero-order valence-corrected chi connectivity index (χ0v) is 23.6. The largest absolute Gasteiger partial charge is 0.247 e. The smallest absolute Gasteiger partial charge is 0.134 e. The van der Waals surface area contributed by atoms with Gasteiger partial charge in [-0.05, 0) is 118 Å². The summed E-state index contributed by atoms with van der Waals surface area (Å²) < 4.78 is 45.3. The van der Waals surface area contributed by atoms with Gasteiger partial charge in [0.1, 0.15) is 18.5 Å². The van der Waals surface area contributed by atoms with Gasteiger partial charge in [-0.25, -0.2) is 13.2 Å². The lowest BCUT2D eigenvalue weighted by molar-refractivity contribution is -0.0164. The summed E-state index contributed by atoms with van der Waals surface area (Å²) in [5.74, 6) is 3.47. The van der Waals surface area contributed by atoms with E-state index in [-0.39, 0.29) is 11.8 Å². The van der Waals surface area contributed by atoms with E-state index in [0.29, 0.717) is 29.6 Å². The van der Waals surface area contributed by atoms with Gasteiger partial charge in [-0.2, -0.15) is 0 Å². The van der Waals surface area contributed by atoms with Crippen molar-refractivity contribution < 1.29 is 13.2 Å². The first-order valence-electron chi connectivity index (χ1n) is 16.4. The van der Waals surface area contributed by atoms with Crippen LogP contribution in [-0.4, -0.2) is 18.5 Å². The molecule has 7 unspecified atom stereocenters. The highest BCUT2D eigenvalue weighted by atomic mass is 19.2. The fraction of sp³-hybridized carbons (Fsp3) is 1.00. The number of hydrogen-bond acceptors (Lipinski definition) is 0. The second-order valence-corrected chi connectivity index (χ2v) is 13.8. The molecule has 3 heteroatoms. The Morgan fingerprint density at radius 1 is 0.500 bits per heavy atom. The molecule has 4 fully saturated rings. The lowest BCUT2D eigenvalue weighted by Crippen LogP contribution is -2.42. The summed E-state index contributed by atoms with van der Waals surface area (Å²) in [6, 6.07) is 0. The summed E-state index contributed by atoms with van der Waals surface area (Å²) in [5, 5.41) is 0. The van der Waals surface area contributed by atoms with Gasteiger partial charge in [0.05, 0.1) is 0 Å². The first kappa shape index (κ1) is 28.8. The van der Waals surface area contributed by atoms with E-state index in [1.54, 1.807) is 0 Å². The summed E-state index contributed by atoms with van der Waals surface area (Å²) in [6.45, 7) is 4.46. The summed E-state index contributed by atoms with van der Waals surface area (Å²) in [5.41, 5.74) is 0. The number of alkyl halides is 3. The molecule has 4 aliphatic rings. The van der Waals surface area contributed by atoms with Crippen molar-refractivity contribution in [2.75, 3.05) is 0 Å². The van der Waals surface area contributed by atoms with Gasteiger partial charge in [0, 0.05) is 0 Å². The highest BCUT2D eigenvalue weighted by Gasteiger charge is 2.44. The number of unbranched alkanes of at least 4 members (excludes halogenated alkanes) is 1. The van der Waals surface area contributed by atoms with Crippen molar-refractivity contribution in [3.05, 3.63) is 0 Å². The van der Waals surface area contributed by atoms with Crippen LogP contribution >= 0.6 is 0 Å². The maximum atomic E-state index is 15.3. The van der Waals surface area contributed by atoms with Crippen LogP contribution in [0.5, 0.6) is 0 Å². The number of hydrogen-bond donors (Lipinski definition) is 0. The van der Waals surface area contributed by atoms with E-state index in [1.165, 1.54) is 70.6 Å². The van der Waals surface area contributed by atoms with Crippen molar-refractivity contribution in [3.8, 4) is 0 Å². The van der Waals surface area contributed by atoms with Gasteiger partial charge < -0.3 is 0 Å². The molecule has 0 aromatic rings. The fourth-order valence-electron chi connectivity index (χ4n) is 9.16. The quantitative estimate of drug-likeness (QED) is 0.274. The van der Waals surface area contributed by atoms with Crippen molar-refractivity contribution in [2.45, 2.75) is 161 Å². The van der Waals surface area contributed by atoms with Crippen molar-refractivity contribution in [2.24, 2.45) is 47.3 Å². The molecule has 36 heavy (non-hydrogen) atoms. The van der Waals surface area contributed by atoms with Crippen LogP contribution in [0.4, 0.5) is 13.2 Å². The van der Waals surface area contributed by atoms with Gasteiger partial charge in [0.15, 0.2) is 0 Å². The van der Waals surface area contributed by atoms with Gasteiger partial charge in [-0.15, -0.1) is 0 Å². The summed E-state index contributed by atoms with van der Waals surface area (Å²) >= 11 is 0. The Labute approximate surface area is 221 Å². The molecule has 0 bridgehead atoms. The predicted octanol–water partition coefficient (Wildman–Crippen LogP) is 10.8. The van der Waals surface area contributed by atoms with Crippen LogP contribution in [0.25, 0.3) is 0 Å². The monoisotopic (exact) mass is 510 g/mol. The second kappa shape index (κ2) is 14.3. The lowest BCUT2D eigenvalue weighted by atomic mass is 9.65. The number of rotatable bonds is 10. The Kier molecular flexibility index (Phi) is 11.4. The molecule has 0 aromatic heterocycles. The molecule has 0 amide bonds. The minimum Gasteiger partial charge on any atom is -0.247 e. The SMILES string of the molecule is CCCCC1CCC(C2CCC(CCC3CCC(C4CCC(CCC)CC4)C(F)C3F)CC2)CC1F. The van der Waals surface area contributed by atoms with Crippen molar-refractivity contribution in [1.29, 1.82) is 0 Å². The van der Waals surface area contributed by atoms with Crippen LogP contribution in [0.15, 0.2) is 0 Å². The van der Waals surface area contributed by atoms with Crippen molar-refractivity contribution in [1.82, 2.24) is 0 Å². The summed E-state index contributed by atoms with van der Waals surface area (Å²) in [7, 11) is 0. The molecule has 0 nitrogen and oxygen atoms in total. The molecule has 0 radical (unpaired) electrons. The molecule has 4 saturated carbocycles. The summed E-state index contributed by atoms with van der Waals surface area (Å²) in [4.78, 5) is 0. The zero-order chi connectivity index (χ0) is 25.5. The van der Waals surface area contributed by atoms with Crippen LogP contribution < -0.4 is 0 Å². The average molecular weight is 511 g/mol. The van der Waals surface area contributed by atoms with E-state index in [0.717, 1.165) is 63.7 Å². The molecule has 0 spiro atoms. The topological polar surface area (TPSA) is 0 Å². The molecule has 0 saturated heterocycles. The molecule has 0 N–H and O–H groups in total. The molecular formula is C33H57F3. The van der Waals surface area contributed by atoms with Crippen LogP contribution in [-0.2, 0) is 0 Å². The highest BCUT2D eigenvalue weighted by molar-refractivity contribution is 4.93. The van der Waals surface area contributed by atoms with Gasteiger partial charge in [-0.3, -0.25) is 0 Å². The molecule has 4 rings (SSSR count). The third-order valence-corrected chi connectivity index (χ3v) is 11.6. The Bertz CT molecular complexity index is 606. The lowest BCUT2D eigenvalue weighted by Gasteiger charge is -2.42. The van der Waals surface area contributed by atoms with Gasteiger partial charge in [0.25, 0.3) is 0 Å². The third-order valence-electron chi connectivity index (χ3n) is 11.6. The van der Waals surface area contributed by atoms with Crippen LogP contribution in [0, 0.1) is 47.3 Å². The molecule has 7 atom stereocenters. The fourth-order valence-corrected chi connectivity index (χ4v) is 9.16. The number of halogens is 3. The van der Waals surface area contributed by atoms with Crippen LogP contribution in [0.2, 0.25) is 0 Å². The summed E-state index contributed by atoms with van der Waals surface area (Å²) in [6.07, 6.45) is 19.5. The highest BCUT2D eigenvalue weighted by Crippen LogP contribution is 2.47. The maximum Gasteiger partial charge on any atom is 0.134 e. The first-order valence-corrected chi connectivity index (χ1v) is 16.4. The van der Waals surface area contributed by atoms with E-state index < -0.39 is 18.5 Å². The van der Waals surface area contributed by atoms with E-state index in [9.17, 15) is 4.39 Å². The predicted molar refractivity (Wildman–Crippen MR) is 146 cm³/mol. The standard InChI is InChI=1S/C33H57F3/c1-3-5-7-27-18-19-29(22-31(27)34)25-13-8-24(9-14-25)12-17-28-20-21-30(33(36)32(28)35)26-15-10-23(6-4-2)11-16-26/h23-33H,3-22H2,1-2H3. The minimum atomic E-state index is -1.24. The van der Waals surface area contributed by atoms with Gasteiger partial charge >= 0.3 is 0 Å². The van der Waals surface area contributed by atoms with Crippen molar-refractivity contribution >= 4 is 0 Å². The molecule has 4 aliphatic carbocycles. The normalized spacial score (nSPS) is 44.4. The minimum absolute atomic E-state index is 0.0225. The second-order valence-electron chi connectivity index (χ2n) is 13.8. The molecule has 0 heterocycles. The molecule has 0 aliphatic heterocycles. The average Bonchev–Trinajstić information content (AvgIpc) is 2.90. The van der Waals surface area contributed by atoms with E-state index in [2.05, 4.69) is 13.8 Å². The molecule has 210 valence electrons. The Balaban J connectivity index is 1.14. The van der Waals surface area contributed by atoms with E-state index in [1.807, 2.05) is 0 Å². The maximum absolute atomic E-state index is 15.3. The van der Waals surface area contributed by atoms with E-state index in [4.69, 9.17) is 0 Å². The molecular weight excluding hydrogens is 453 g/mol. The van der Waals surface area contributed by atoms with E-state index >= 15 is 8.78 Å². The van der Waals surface area contributed by atoms with Crippen LogP contribution in [0.3, 0.4) is 0 Å². The van der Waals surface area contributed by atoms with Gasteiger partial charge in [-0.1, -0.05) is 71.6 Å². The molecule has 0 aromatic carbocycles.